The summed E-state index contributed by atoms with van der Waals surface area (Å²) in [4.78, 5) is 0. The molecule has 4 saturated carbocycles. The molecule has 0 unspecified atom stereocenters. The van der Waals surface area contributed by atoms with Gasteiger partial charge in [-0.05, 0) is 131 Å². The zero-order chi connectivity index (χ0) is 26.2. The van der Waals surface area contributed by atoms with Crippen LogP contribution in [0.15, 0.2) is 115 Å². The minimum atomic E-state index is 0.114. The fraction of sp³-hybridized carbons (Fsp3) is 0.294. The quantitative estimate of drug-likeness (QED) is 0.195. The zero-order valence-corrected chi connectivity index (χ0v) is 27.3. The lowest BCUT2D eigenvalue weighted by Gasteiger charge is -2.71. The van der Waals surface area contributed by atoms with Crippen molar-refractivity contribution < 1.29 is 0 Å². The average molecular weight is 756 g/mol. The van der Waals surface area contributed by atoms with E-state index in [9.17, 15) is 0 Å². The van der Waals surface area contributed by atoms with Gasteiger partial charge in [-0.1, -0.05) is 112 Å². The van der Waals surface area contributed by atoms with Gasteiger partial charge in [-0.25, -0.2) is 0 Å². The van der Waals surface area contributed by atoms with Gasteiger partial charge in [0.2, 0.25) is 0 Å². The number of rotatable bonds is 4. The van der Waals surface area contributed by atoms with Crippen molar-refractivity contribution in [2.75, 3.05) is 0 Å². The Balaban J connectivity index is 1.51. The van der Waals surface area contributed by atoms with Gasteiger partial charge < -0.3 is 0 Å². The molecule has 0 atom stereocenters. The summed E-state index contributed by atoms with van der Waals surface area (Å²) >= 11 is 14.8. The molecule has 4 heteroatoms. The molecule has 38 heavy (non-hydrogen) atoms. The van der Waals surface area contributed by atoms with E-state index in [0.29, 0.717) is 0 Å². The molecule has 4 aliphatic rings. The van der Waals surface area contributed by atoms with Crippen molar-refractivity contribution >= 4 is 63.7 Å². The molecular formula is C34H28Br4. The van der Waals surface area contributed by atoms with Crippen LogP contribution in [0.4, 0.5) is 0 Å². The second kappa shape index (κ2) is 9.16. The fourth-order valence-corrected chi connectivity index (χ4v) is 10.1. The van der Waals surface area contributed by atoms with E-state index in [-0.39, 0.29) is 21.7 Å². The maximum atomic E-state index is 3.70. The van der Waals surface area contributed by atoms with Crippen LogP contribution < -0.4 is 0 Å². The van der Waals surface area contributed by atoms with Crippen molar-refractivity contribution in [3.8, 4) is 0 Å². The number of hydrogen-bond acceptors (Lipinski definition) is 0. The van der Waals surface area contributed by atoms with Gasteiger partial charge in [0.15, 0.2) is 0 Å². The molecule has 0 amide bonds. The van der Waals surface area contributed by atoms with E-state index < -0.39 is 0 Å². The molecule has 0 radical (unpaired) electrons. The summed E-state index contributed by atoms with van der Waals surface area (Å²) in [7, 11) is 0. The Bertz CT molecular complexity index is 1220. The summed E-state index contributed by atoms with van der Waals surface area (Å²) in [5, 5.41) is 0. The van der Waals surface area contributed by atoms with Crippen LogP contribution in [-0.2, 0) is 21.7 Å². The van der Waals surface area contributed by atoms with Crippen molar-refractivity contribution in [3.05, 3.63) is 137 Å². The average Bonchev–Trinajstić information content (AvgIpc) is 2.89. The van der Waals surface area contributed by atoms with Crippen LogP contribution in [-0.4, -0.2) is 0 Å². The lowest BCUT2D eigenvalue weighted by molar-refractivity contribution is -0.0691. The van der Waals surface area contributed by atoms with E-state index in [1.54, 1.807) is 0 Å². The van der Waals surface area contributed by atoms with Crippen LogP contribution in [0.3, 0.4) is 0 Å². The first-order valence-corrected chi connectivity index (χ1v) is 16.5. The summed E-state index contributed by atoms with van der Waals surface area (Å²) in [6, 6.07) is 37.2. The lowest BCUT2D eigenvalue weighted by Crippen LogP contribution is -2.67. The molecule has 192 valence electrons. The van der Waals surface area contributed by atoms with Crippen molar-refractivity contribution in [3.63, 3.8) is 0 Å². The summed E-state index contributed by atoms with van der Waals surface area (Å²) in [6.45, 7) is 0. The van der Waals surface area contributed by atoms with Gasteiger partial charge >= 0.3 is 0 Å². The van der Waals surface area contributed by atoms with Crippen LogP contribution in [0.5, 0.6) is 0 Å². The maximum Gasteiger partial charge on any atom is 0.0175 e. The van der Waals surface area contributed by atoms with Crippen molar-refractivity contribution in [2.24, 2.45) is 0 Å². The highest BCUT2D eigenvalue weighted by Gasteiger charge is 2.69. The minimum absolute atomic E-state index is 0.114. The van der Waals surface area contributed by atoms with Gasteiger partial charge in [-0.15, -0.1) is 0 Å². The first-order chi connectivity index (χ1) is 18.2. The monoisotopic (exact) mass is 752 g/mol. The molecule has 0 aliphatic heterocycles. The van der Waals surface area contributed by atoms with Gasteiger partial charge in [-0.3, -0.25) is 0 Å². The van der Waals surface area contributed by atoms with Crippen LogP contribution >= 0.6 is 63.7 Å². The highest BCUT2D eigenvalue weighted by Crippen LogP contribution is 2.74. The molecule has 4 aromatic rings. The van der Waals surface area contributed by atoms with Crippen molar-refractivity contribution in [1.29, 1.82) is 0 Å². The topological polar surface area (TPSA) is 0 Å². The molecule has 8 rings (SSSR count). The SMILES string of the molecule is Brc1ccc(C23CC4(c5ccc(Br)cc5)CC(c5ccc(Br)cc5)(C2)CC(c2ccc(Br)cc2)(C3)C4)cc1. The molecule has 0 heterocycles. The molecule has 4 fully saturated rings. The van der Waals surface area contributed by atoms with Crippen LogP contribution in [0, 0.1) is 0 Å². The predicted octanol–water partition coefficient (Wildman–Crippen LogP) is 11.2. The molecule has 0 N–H and O–H groups in total. The van der Waals surface area contributed by atoms with Crippen molar-refractivity contribution in [1.82, 2.24) is 0 Å². The third kappa shape index (κ3) is 4.07. The second-order valence-corrected chi connectivity index (χ2v) is 15.9. The first kappa shape index (κ1) is 25.7. The molecule has 4 aromatic carbocycles. The lowest BCUT2D eigenvalue weighted by atomic mass is 9.32. The number of halogens is 4. The number of hydrogen-bond donors (Lipinski definition) is 0. The van der Waals surface area contributed by atoms with Crippen LogP contribution in [0.2, 0.25) is 0 Å². The van der Waals surface area contributed by atoms with E-state index in [1.165, 1.54) is 60.8 Å². The molecule has 0 spiro atoms. The Morgan fingerprint density at radius 1 is 0.289 bits per heavy atom. The molecule has 4 aliphatic carbocycles. The van der Waals surface area contributed by atoms with Gasteiger partial charge in [0.25, 0.3) is 0 Å². The van der Waals surface area contributed by atoms with Crippen LogP contribution in [0.25, 0.3) is 0 Å². The highest BCUT2D eigenvalue weighted by atomic mass is 79.9. The van der Waals surface area contributed by atoms with Crippen LogP contribution in [0.1, 0.15) is 60.8 Å². The van der Waals surface area contributed by atoms with Gasteiger partial charge in [0.1, 0.15) is 0 Å². The third-order valence-electron chi connectivity index (χ3n) is 9.89. The molecule has 4 bridgehead atoms. The Hall–Kier alpha value is -1.20. The van der Waals surface area contributed by atoms with E-state index in [2.05, 4.69) is 161 Å². The van der Waals surface area contributed by atoms with Gasteiger partial charge in [-0.2, -0.15) is 0 Å². The van der Waals surface area contributed by atoms with E-state index in [0.717, 1.165) is 17.9 Å². The van der Waals surface area contributed by atoms with Crippen molar-refractivity contribution in [2.45, 2.75) is 60.2 Å². The Morgan fingerprint density at radius 3 is 0.605 bits per heavy atom. The Labute approximate surface area is 259 Å². The summed E-state index contributed by atoms with van der Waals surface area (Å²) in [5.41, 5.74) is 6.47. The molecule has 0 saturated heterocycles. The largest absolute Gasteiger partial charge is 0.0574 e. The number of benzene rings is 4. The molecule has 0 aromatic heterocycles. The van der Waals surface area contributed by atoms with E-state index in [4.69, 9.17) is 0 Å². The van der Waals surface area contributed by atoms with E-state index >= 15 is 0 Å². The predicted molar refractivity (Wildman–Crippen MR) is 171 cm³/mol. The second-order valence-electron chi connectivity index (χ2n) is 12.2. The van der Waals surface area contributed by atoms with E-state index in [1.807, 2.05) is 0 Å². The van der Waals surface area contributed by atoms with Gasteiger partial charge in [0, 0.05) is 17.9 Å². The summed E-state index contributed by atoms with van der Waals surface area (Å²) in [5.74, 6) is 0. The first-order valence-electron chi connectivity index (χ1n) is 13.3. The normalized spacial score (nSPS) is 31.5. The maximum absolute atomic E-state index is 3.70. The minimum Gasteiger partial charge on any atom is -0.0574 e. The molecule has 0 nitrogen and oxygen atoms in total. The van der Waals surface area contributed by atoms with Gasteiger partial charge in [0.05, 0.1) is 0 Å². The third-order valence-corrected chi connectivity index (χ3v) is 12.0. The zero-order valence-electron chi connectivity index (χ0n) is 21.0. The smallest absolute Gasteiger partial charge is 0.0175 e. The summed E-state index contributed by atoms with van der Waals surface area (Å²) < 4.78 is 4.61. The summed E-state index contributed by atoms with van der Waals surface area (Å²) in [6.07, 6.45) is 7.25. The fourth-order valence-electron chi connectivity index (χ4n) is 9.07. The molecular weight excluding hydrogens is 728 g/mol. The Kier molecular flexibility index (Phi) is 6.21. The highest BCUT2D eigenvalue weighted by molar-refractivity contribution is 9.11. The standard InChI is InChI=1S/C34H28Br4/c35-27-9-1-23(2-10-27)31-17-32(24-3-11-28(36)12-4-24)20-33(18-31,25-5-13-29(37)14-6-25)22-34(19-31,21-32)26-7-15-30(38)16-8-26/h1-16H,17-22H2. The Morgan fingerprint density at radius 2 is 0.447 bits per heavy atom.